The highest BCUT2D eigenvalue weighted by atomic mass is 16.5. The zero-order valence-electron chi connectivity index (χ0n) is 20.8. The summed E-state index contributed by atoms with van der Waals surface area (Å²) in [5.41, 5.74) is 4.53. The molecule has 0 radical (unpaired) electrons. The van der Waals surface area contributed by atoms with Gasteiger partial charge in [-0.3, -0.25) is 0 Å². The molecule has 35 heavy (non-hydrogen) atoms. The summed E-state index contributed by atoms with van der Waals surface area (Å²) in [4.78, 5) is 11.1. The third-order valence-electron chi connectivity index (χ3n) is 5.97. The van der Waals surface area contributed by atoms with Gasteiger partial charge in [-0.25, -0.2) is 4.79 Å². The predicted octanol–water partition coefficient (Wildman–Crippen LogP) is 5.00. The van der Waals surface area contributed by atoms with Gasteiger partial charge in [-0.15, -0.1) is 0 Å². The van der Waals surface area contributed by atoms with Crippen molar-refractivity contribution >= 4 is 5.97 Å². The Balaban J connectivity index is 1.82. The van der Waals surface area contributed by atoms with Crippen LogP contribution in [0.2, 0.25) is 0 Å². The summed E-state index contributed by atoms with van der Waals surface area (Å²) in [7, 11) is 8.10. The lowest BCUT2D eigenvalue weighted by Crippen LogP contribution is -2.03. The number of ether oxygens (including phenoxy) is 5. The predicted molar refractivity (Wildman–Crippen MR) is 134 cm³/mol. The van der Waals surface area contributed by atoms with Crippen LogP contribution in [-0.2, 0) is 25.7 Å². The molecule has 7 nitrogen and oxygen atoms in total. The van der Waals surface area contributed by atoms with Crippen molar-refractivity contribution in [1.82, 2.24) is 0 Å². The summed E-state index contributed by atoms with van der Waals surface area (Å²) >= 11 is 0. The molecule has 7 heteroatoms. The minimum atomic E-state index is -0.926. The number of hydrogen-bond donors (Lipinski definition) is 1. The fourth-order valence-electron chi connectivity index (χ4n) is 4.08. The maximum Gasteiger partial charge on any atom is 0.335 e. The van der Waals surface area contributed by atoms with Gasteiger partial charge in [-0.05, 0) is 78.3 Å². The molecule has 0 unspecified atom stereocenters. The zero-order chi connectivity index (χ0) is 25.4. The van der Waals surface area contributed by atoms with Crippen molar-refractivity contribution in [3.63, 3.8) is 0 Å². The van der Waals surface area contributed by atoms with Gasteiger partial charge in [0, 0.05) is 6.07 Å². The molecule has 0 atom stereocenters. The molecule has 3 rings (SSSR count). The minimum absolute atomic E-state index is 0.282. The summed E-state index contributed by atoms with van der Waals surface area (Å²) in [6, 6.07) is 14.9. The van der Waals surface area contributed by atoms with E-state index in [2.05, 4.69) is 6.07 Å². The van der Waals surface area contributed by atoms with Crippen LogP contribution in [0.3, 0.4) is 0 Å². The lowest BCUT2D eigenvalue weighted by molar-refractivity contribution is 0.0697. The van der Waals surface area contributed by atoms with Crippen LogP contribution in [0.5, 0.6) is 28.7 Å². The van der Waals surface area contributed by atoms with E-state index in [9.17, 15) is 4.79 Å². The van der Waals surface area contributed by atoms with Gasteiger partial charge in [0.1, 0.15) is 11.5 Å². The molecule has 3 aromatic carbocycles. The van der Waals surface area contributed by atoms with E-state index in [0.29, 0.717) is 17.2 Å². The van der Waals surface area contributed by atoms with Crippen LogP contribution in [0.25, 0.3) is 0 Å². The number of hydrogen-bond acceptors (Lipinski definition) is 6. The largest absolute Gasteiger partial charge is 0.496 e. The van der Waals surface area contributed by atoms with Crippen LogP contribution in [0, 0.1) is 0 Å². The molecule has 0 aromatic heterocycles. The maximum absolute atomic E-state index is 11.1. The number of rotatable bonds is 12. The molecule has 186 valence electrons. The number of aromatic carboxylic acids is 1. The monoisotopic (exact) mass is 480 g/mol. The molecular weight excluding hydrogens is 448 g/mol. The van der Waals surface area contributed by atoms with Crippen molar-refractivity contribution in [3.05, 3.63) is 76.3 Å². The summed E-state index contributed by atoms with van der Waals surface area (Å²) in [6.45, 7) is 0. The molecule has 0 bridgehead atoms. The van der Waals surface area contributed by atoms with Crippen LogP contribution in [0.15, 0.2) is 48.5 Å². The van der Waals surface area contributed by atoms with Crippen LogP contribution >= 0.6 is 0 Å². The van der Waals surface area contributed by atoms with Gasteiger partial charge in [0.05, 0.1) is 41.1 Å². The fourth-order valence-corrected chi connectivity index (χ4v) is 4.08. The first kappa shape index (κ1) is 25.7. The second-order valence-electron chi connectivity index (χ2n) is 8.01. The number of benzene rings is 3. The van der Waals surface area contributed by atoms with E-state index >= 15 is 0 Å². The van der Waals surface area contributed by atoms with Gasteiger partial charge in [0.2, 0.25) is 5.75 Å². The normalized spacial score (nSPS) is 10.5. The zero-order valence-corrected chi connectivity index (χ0v) is 20.8. The molecule has 0 aliphatic heterocycles. The molecule has 0 fully saturated rings. The molecular formula is C28H32O7. The van der Waals surface area contributed by atoms with Crippen molar-refractivity contribution in [2.24, 2.45) is 0 Å². The third kappa shape index (κ3) is 6.18. The molecule has 3 aromatic rings. The Morgan fingerprint density at radius 3 is 1.51 bits per heavy atom. The Bertz CT molecular complexity index is 1130. The lowest BCUT2D eigenvalue weighted by atomic mass is 9.97. The standard InChI is InChI=1S/C28H32O7/c1-31-23-17-24(32-2)22(13-9-19-14-25(33-3)27(35-5)26(15-19)34-4)16-21(23)12-8-18-6-10-20(11-7-18)28(29)30/h6-7,10-11,14-17H,8-9,12-13H2,1-5H3,(H,29,30). The molecule has 0 aliphatic carbocycles. The first-order valence-corrected chi connectivity index (χ1v) is 11.3. The Labute approximate surface area is 206 Å². The molecule has 0 spiro atoms. The average molecular weight is 481 g/mol. The topological polar surface area (TPSA) is 83.5 Å². The molecule has 0 saturated carbocycles. The van der Waals surface area contributed by atoms with Crippen molar-refractivity contribution in [2.45, 2.75) is 25.7 Å². The van der Waals surface area contributed by atoms with Crippen LogP contribution < -0.4 is 23.7 Å². The number of methoxy groups -OCH3 is 5. The summed E-state index contributed by atoms with van der Waals surface area (Å²) in [5, 5.41) is 9.10. The minimum Gasteiger partial charge on any atom is -0.496 e. The Hall–Kier alpha value is -3.87. The van der Waals surface area contributed by atoms with E-state index in [-0.39, 0.29) is 5.56 Å². The van der Waals surface area contributed by atoms with E-state index in [1.54, 1.807) is 47.7 Å². The summed E-state index contributed by atoms with van der Waals surface area (Å²) in [5.74, 6) is 2.42. The highest BCUT2D eigenvalue weighted by Crippen LogP contribution is 2.39. The van der Waals surface area contributed by atoms with Gasteiger partial charge in [-0.2, -0.15) is 0 Å². The van der Waals surface area contributed by atoms with Gasteiger partial charge >= 0.3 is 5.97 Å². The molecule has 0 saturated heterocycles. The first-order chi connectivity index (χ1) is 16.9. The Morgan fingerprint density at radius 2 is 1.09 bits per heavy atom. The van der Waals surface area contributed by atoms with E-state index < -0.39 is 5.97 Å². The highest BCUT2D eigenvalue weighted by molar-refractivity contribution is 5.87. The van der Waals surface area contributed by atoms with Crippen molar-refractivity contribution in [2.75, 3.05) is 35.5 Å². The highest BCUT2D eigenvalue weighted by Gasteiger charge is 2.15. The SMILES string of the molecule is COc1cc(OC)c(CCc2cc(OC)c(OC)c(OC)c2)cc1CCc1ccc(C(=O)O)cc1. The van der Waals surface area contributed by atoms with E-state index in [0.717, 1.165) is 59.4 Å². The van der Waals surface area contributed by atoms with Gasteiger partial charge in [0.15, 0.2) is 11.5 Å². The lowest BCUT2D eigenvalue weighted by Gasteiger charge is -2.16. The van der Waals surface area contributed by atoms with Crippen molar-refractivity contribution < 1.29 is 33.6 Å². The second-order valence-corrected chi connectivity index (χ2v) is 8.01. The first-order valence-electron chi connectivity index (χ1n) is 11.3. The average Bonchev–Trinajstić information content (AvgIpc) is 2.89. The number of aryl methyl sites for hydroxylation is 4. The van der Waals surface area contributed by atoms with E-state index in [4.69, 9.17) is 28.8 Å². The fraction of sp³-hybridized carbons (Fsp3) is 0.321. The number of carboxylic acid groups (broad SMARTS) is 1. The second kappa shape index (κ2) is 12.0. The van der Waals surface area contributed by atoms with E-state index in [1.165, 1.54) is 0 Å². The third-order valence-corrected chi connectivity index (χ3v) is 5.97. The maximum atomic E-state index is 11.1. The number of carbonyl (C=O) groups is 1. The molecule has 1 N–H and O–H groups in total. The molecule has 0 amide bonds. The van der Waals surface area contributed by atoms with E-state index in [1.807, 2.05) is 30.3 Å². The molecule has 0 heterocycles. The van der Waals surface area contributed by atoms with Crippen LogP contribution in [-0.4, -0.2) is 46.6 Å². The summed E-state index contributed by atoms with van der Waals surface area (Å²) in [6.07, 6.45) is 2.99. The number of carboxylic acids is 1. The van der Waals surface area contributed by atoms with Crippen LogP contribution in [0.1, 0.15) is 32.6 Å². The van der Waals surface area contributed by atoms with Crippen molar-refractivity contribution in [1.29, 1.82) is 0 Å². The quantitative estimate of drug-likeness (QED) is 0.391. The molecule has 0 aliphatic rings. The van der Waals surface area contributed by atoms with Gasteiger partial charge in [0.25, 0.3) is 0 Å². The smallest absolute Gasteiger partial charge is 0.335 e. The van der Waals surface area contributed by atoms with Gasteiger partial charge in [-0.1, -0.05) is 12.1 Å². The summed E-state index contributed by atoms with van der Waals surface area (Å²) < 4.78 is 27.7. The van der Waals surface area contributed by atoms with Gasteiger partial charge < -0.3 is 28.8 Å². The van der Waals surface area contributed by atoms with Crippen molar-refractivity contribution in [3.8, 4) is 28.7 Å². The Morgan fingerprint density at radius 1 is 0.600 bits per heavy atom. The van der Waals surface area contributed by atoms with Crippen LogP contribution in [0.4, 0.5) is 0 Å². The Kier molecular flexibility index (Phi) is 8.84.